The standard InChI is InChI=1S/C37H61N5O7S/c1-10-22-18-37(19-22,28(43)30(45)38-23-14-15-23)40-29(44)26-25-24(35(25,8)9)20-42(26)31(46)27(33(2,3)4)39-32(47)41-36(16-12-11-13-17-36)21-50(48,49)34(5,6)7/h22-27H,10-21H2,1-9H3,(H,38,45)(H,40,44)(H2,39,41,47)/t22?,24-,25-,26-,27+,37?/m0/s1. The van der Waals surface area contributed by atoms with Crippen molar-refractivity contribution in [2.75, 3.05) is 12.3 Å². The van der Waals surface area contributed by atoms with Gasteiger partial charge in [-0.15, -0.1) is 0 Å². The molecule has 0 aromatic carbocycles. The monoisotopic (exact) mass is 719 g/mol. The minimum atomic E-state index is -3.56. The Morgan fingerprint density at radius 2 is 1.50 bits per heavy atom. The van der Waals surface area contributed by atoms with E-state index in [0.29, 0.717) is 32.2 Å². The van der Waals surface area contributed by atoms with E-state index in [-0.39, 0.29) is 35.0 Å². The molecule has 5 fully saturated rings. The summed E-state index contributed by atoms with van der Waals surface area (Å²) in [4.78, 5) is 70.7. The quantitative estimate of drug-likeness (QED) is 0.236. The first kappa shape index (κ1) is 38.5. The van der Waals surface area contributed by atoms with E-state index in [9.17, 15) is 32.4 Å². The maximum Gasteiger partial charge on any atom is 0.315 e. The zero-order valence-electron chi connectivity index (χ0n) is 31.7. The van der Waals surface area contributed by atoms with E-state index in [1.54, 1.807) is 25.7 Å². The zero-order valence-corrected chi connectivity index (χ0v) is 32.5. The molecule has 282 valence electrons. The molecule has 1 heterocycles. The average Bonchev–Trinajstić information content (AvgIpc) is 3.83. The number of amides is 5. The second-order valence-electron chi connectivity index (χ2n) is 18.8. The lowest BCUT2D eigenvalue weighted by Gasteiger charge is -2.47. The van der Waals surface area contributed by atoms with E-state index >= 15 is 0 Å². The van der Waals surface area contributed by atoms with Gasteiger partial charge >= 0.3 is 6.03 Å². The molecule has 5 amide bonds. The van der Waals surface area contributed by atoms with Gasteiger partial charge in [0.25, 0.3) is 5.91 Å². The zero-order chi connectivity index (χ0) is 37.2. The number of fused-ring (bicyclic) bond motifs is 1. The summed E-state index contributed by atoms with van der Waals surface area (Å²) < 4.78 is 25.7. The molecule has 4 aliphatic carbocycles. The van der Waals surface area contributed by atoms with Crippen LogP contribution in [0.1, 0.15) is 127 Å². The third-order valence-corrected chi connectivity index (χ3v) is 15.3. The van der Waals surface area contributed by atoms with Crippen LogP contribution < -0.4 is 21.3 Å². The number of hydrogen-bond donors (Lipinski definition) is 4. The smallest absolute Gasteiger partial charge is 0.315 e. The van der Waals surface area contributed by atoms with Crippen molar-refractivity contribution < 1.29 is 32.4 Å². The van der Waals surface area contributed by atoms with Gasteiger partial charge in [-0.25, -0.2) is 13.2 Å². The van der Waals surface area contributed by atoms with Crippen molar-refractivity contribution in [1.29, 1.82) is 0 Å². The molecule has 5 rings (SSSR count). The van der Waals surface area contributed by atoms with Crippen molar-refractivity contribution in [1.82, 2.24) is 26.2 Å². The van der Waals surface area contributed by atoms with Crippen LogP contribution in [-0.4, -0.2) is 89.1 Å². The predicted molar refractivity (Wildman–Crippen MR) is 191 cm³/mol. The van der Waals surface area contributed by atoms with E-state index in [4.69, 9.17) is 0 Å². The highest BCUT2D eigenvalue weighted by atomic mass is 32.2. The number of nitrogens with one attached hydrogen (secondary N) is 4. The number of carbonyl (C=O) groups excluding carboxylic acids is 5. The summed E-state index contributed by atoms with van der Waals surface area (Å²) in [6.45, 7) is 17.0. The molecule has 5 aliphatic rings. The number of carbonyl (C=O) groups is 5. The van der Waals surface area contributed by atoms with Gasteiger partial charge in [-0.1, -0.05) is 67.2 Å². The van der Waals surface area contributed by atoms with Crippen LogP contribution in [0.2, 0.25) is 0 Å². The number of Topliss-reactive ketones (excluding diaryl/α,β-unsaturated/α-hetero) is 1. The maximum absolute atomic E-state index is 14.5. The molecule has 0 spiro atoms. The lowest BCUT2D eigenvalue weighted by atomic mass is 9.64. The number of sulfone groups is 1. The third-order valence-electron chi connectivity index (χ3n) is 12.5. The van der Waals surface area contributed by atoms with Crippen molar-refractivity contribution in [2.45, 2.75) is 160 Å². The van der Waals surface area contributed by atoms with Crippen molar-refractivity contribution in [3.05, 3.63) is 0 Å². The van der Waals surface area contributed by atoms with Gasteiger partial charge < -0.3 is 26.2 Å². The molecule has 0 bridgehead atoms. The Balaban J connectivity index is 1.36. The molecule has 4 saturated carbocycles. The molecule has 1 saturated heterocycles. The van der Waals surface area contributed by atoms with Crippen LogP contribution in [0.5, 0.6) is 0 Å². The lowest BCUT2D eigenvalue weighted by molar-refractivity contribution is -0.150. The number of hydrogen-bond acceptors (Lipinski definition) is 7. The highest BCUT2D eigenvalue weighted by molar-refractivity contribution is 7.92. The summed E-state index contributed by atoms with van der Waals surface area (Å²) in [5.74, 6) is -2.18. The van der Waals surface area contributed by atoms with Crippen LogP contribution >= 0.6 is 0 Å². The SMILES string of the molecule is CCC1CC(NC(=O)[C@@H]2[C@@H]3[C@H](CN2C(=O)[C@@H](NC(=O)NC2(CS(=O)(=O)C(C)(C)C)CCCCC2)C(C)(C)C)C3(C)C)(C(=O)C(=O)NC2CC2)C1. The highest BCUT2D eigenvalue weighted by Crippen LogP contribution is 2.65. The van der Waals surface area contributed by atoms with E-state index in [1.807, 2.05) is 27.7 Å². The Hall–Kier alpha value is -2.70. The van der Waals surface area contributed by atoms with E-state index in [2.05, 4.69) is 35.1 Å². The van der Waals surface area contributed by atoms with Crippen molar-refractivity contribution in [3.63, 3.8) is 0 Å². The molecule has 4 atom stereocenters. The Morgan fingerprint density at radius 1 is 0.900 bits per heavy atom. The number of rotatable bonds is 11. The molecule has 0 aromatic heterocycles. The van der Waals surface area contributed by atoms with Gasteiger partial charge in [-0.3, -0.25) is 19.2 Å². The fourth-order valence-electron chi connectivity index (χ4n) is 8.71. The summed E-state index contributed by atoms with van der Waals surface area (Å²) in [6, 6.07) is -2.49. The largest absolute Gasteiger partial charge is 0.347 e. The Morgan fingerprint density at radius 3 is 2.02 bits per heavy atom. The van der Waals surface area contributed by atoms with E-state index < -0.39 is 72.7 Å². The summed E-state index contributed by atoms with van der Waals surface area (Å²) >= 11 is 0. The Labute approximate surface area is 298 Å². The van der Waals surface area contributed by atoms with Crippen molar-refractivity contribution >= 4 is 39.4 Å². The average molecular weight is 720 g/mol. The van der Waals surface area contributed by atoms with Gasteiger partial charge in [0.05, 0.1) is 16.0 Å². The van der Waals surface area contributed by atoms with Crippen molar-refractivity contribution in [2.24, 2.45) is 28.6 Å². The van der Waals surface area contributed by atoms with Gasteiger partial charge in [0.2, 0.25) is 17.6 Å². The third kappa shape index (κ3) is 7.44. The van der Waals surface area contributed by atoms with Crippen LogP contribution in [-0.2, 0) is 29.0 Å². The lowest BCUT2D eigenvalue weighted by Crippen LogP contribution is -2.68. The van der Waals surface area contributed by atoms with Crippen LogP contribution in [0.3, 0.4) is 0 Å². The minimum Gasteiger partial charge on any atom is -0.347 e. The summed E-state index contributed by atoms with van der Waals surface area (Å²) in [5.41, 5.74) is -3.20. The van der Waals surface area contributed by atoms with Crippen LogP contribution in [0.4, 0.5) is 4.79 Å². The predicted octanol–water partition coefficient (Wildman–Crippen LogP) is 3.62. The molecule has 1 aliphatic heterocycles. The topological polar surface area (TPSA) is 171 Å². The first-order valence-corrected chi connectivity index (χ1v) is 20.4. The fourth-order valence-corrected chi connectivity index (χ4v) is 10.2. The highest BCUT2D eigenvalue weighted by Gasteiger charge is 2.70. The summed E-state index contributed by atoms with van der Waals surface area (Å²) in [7, 11) is -3.56. The molecule has 0 aromatic rings. The molecule has 0 radical (unpaired) electrons. The molecule has 13 heteroatoms. The first-order chi connectivity index (χ1) is 23.0. The van der Waals surface area contributed by atoms with Crippen LogP contribution in [0, 0.1) is 28.6 Å². The summed E-state index contributed by atoms with van der Waals surface area (Å²) in [5, 5.41) is 11.7. The minimum absolute atomic E-state index is 0.00660. The Bertz CT molecular complexity index is 1490. The van der Waals surface area contributed by atoms with Crippen molar-refractivity contribution in [3.8, 4) is 0 Å². The van der Waals surface area contributed by atoms with Gasteiger partial charge in [-0.05, 0) is 87.9 Å². The molecule has 0 unspecified atom stereocenters. The Kier molecular flexibility index (Phi) is 10.1. The fraction of sp³-hybridized carbons (Fsp3) is 0.865. The number of nitrogens with zero attached hydrogens (tertiary/aromatic N) is 1. The van der Waals surface area contributed by atoms with Gasteiger partial charge in [0.15, 0.2) is 9.84 Å². The number of ketones is 1. The number of likely N-dealkylation sites (tertiary alicyclic amines) is 1. The van der Waals surface area contributed by atoms with E-state index in [1.165, 1.54) is 0 Å². The molecular formula is C37H61N5O7S. The molecule has 50 heavy (non-hydrogen) atoms. The van der Waals surface area contributed by atoms with Crippen LogP contribution in [0.15, 0.2) is 0 Å². The number of piperidine rings is 1. The van der Waals surface area contributed by atoms with E-state index in [0.717, 1.165) is 38.5 Å². The van der Waals surface area contributed by atoms with Gasteiger partial charge in [0.1, 0.15) is 17.6 Å². The second-order valence-corrected chi connectivity index (χ2v) is 21.6. The second kappa shape index (κ2) is 13.1. The molecule has 4 N–H and O–H groups in total. The summed E-state index contributed by atoms with van der Waals surface area (Å²) in [6.07, 6.45) is 6.84. The normalized spacial score (nSPS) is 30.6. The van der Waals surface area contributed by atoms with Gasteiger partial charge in [0, 0.05) is 12.6 Å². The maximum atomic E-state index is 14.5. The van der Waals surface area contributed by atoms with Gasteiger partial charge in [-0.2, -0.15) is 0 Å². The molecule has 12 nitrogen and oxygen atoms in total. The molecular weight excluding hydrogens is 659 g/mol. The van der Waals surface area contributed by atoms with Crippen LogP contribution in [0.25, 0.3) is 0 Å². The first-order valence-electron chi connectivity index (χ1n) is 18.8. The number of urea groups is 1.